The molecule has 0 bridgehead atoms. The van der Waals surface area contributed by atoms with Crippen LogP contribution in [-0.2, 0) is 19.6 Å². The second-order valence-electron chi connectivity index (χ2n) is 6.45. The molecule has 9 heteroatoms. The number of carbonyl (C=O) groups is 1. The minimum absolute atomic E-state index is 0.0418. The summed E-state index contributed by atoms with van der Waals surface area (Å²) >= 11 is 0. The third-order valence-corrected chi connectivity index (χ3v) is 5.86. The number of hydrogen-bond acceptors (Lipinski definition) is 5. The molecule has 0 atom stereocenters. The summed E-state index contributed by atoms with van der Waals surface area (Å²) in [5.74, 6) is -0.948. The molecule has 146 valence electrons. The second kappa shape index (κ2) is 9.40. The van der Waals surface area contributed by atoms with Crippen LogP contribution in [0, 0.1) is 11.7 Å². The third kappa shape index (κ3) is 6.01. The van der Waals surface area contributed by atoms with E-state index in [2.05, 4.69) is 14.9 Å². The van der Waals surface area contributed by atoms with Crippen LogP contribution in [-0.4, -0.2) is 59.1 Å². The van der Waals surface area contributed by atoms with E-state index in [0.29, 0.717) is 13.2 Å². The lowest BCUT2D eigenvalue weighted by Gasteiger charge is -2.31. The van der Waals surface area contributed by atoms with Crippen molar-refractivity contribution in [3.8, 4) is 0 Å². The van der Waals surface area contributed by atoms with Crippen LogP contribution < -0.4 is 10.0 Å². The van der Waals surface area contributed by atoms with Crippen LogP contribution >= 0.6 is 0 Å². The van der Waals surface area contributed by atoms with Crippen molar-refractivity contribution in [3.05, 3.63) is 24.0 Å². The van der Waals surface area contributed by atoms with Crippen molar-refractivity contribution in [2.24, 2.45) is 5.92 Å². The zero-order chi connectivity index (χ0) is 19.2. The van der Waals surface area contributed by atoms with Crippen LogP contribution in [0.15, 0.2) is 23.1 Å². The molecule has 7 nitrogen and oxygen atoms in total. The normalized spacial score (nSPS) is 16.6. The monoisotopic (exact) mass is 387 g/mol. The number of halogens is 1. The third-order valence-electron chi connectivity index (χ3n) is 4.44. The maximum absolute atomic E-state index is 14.0. The van der Waals surface area contributed by atoms with Gasteiger partial charge in [0.25, 0.3) is 0 Å². The molecule has 1 saturated heterocycles. The van der Waals surface area contributed by atoms with Crippen molar-refractivity contribution < 1.29 is 22.3 Å². The topological polar surface area (TPSA) is 87.7 Å². The number of anilines is 1. The number of rotatable bonds is 8. The first-order valence-corrected chi connectivity index (χ1v) is 10.1. The first-order valence-electron chi connectivity index (χ1n) is 8.60. The van der Waals surface area contributed by atoms with Gasteiger partial charge in [-0.3, -0.25) is 4.79 Å². The SMILES string of the molecule is COCCN1CCC(CNS(=O)(=O)c2ccc(NC(C)=O)c(F)c2)CC1. The lowest BCUT2D eigenvalue weighted by Crippen LogP contribution is -2.39. The number of piperidine rings is 1. The minimum Gasteiger partial charge on any atom is -0.383 e. The summed E-state index contributed by atoms with van der Waals surface area (Å²) in [4.78, 5) is 13.1. The Morgan fingerprint density at radius 3 is 2.62 bits per heavy atom. The van der Waals surface area contributed by atoms with Crippen molar-refractivity contribution in [2.75, 3.05) is 45.2 Å². The van der Waals surface area contributed by atoms with E-state index in [0.717, 1.165) is 38.5 Å². The zero-order valence-corrected chi connectivity index (χ0v) is 15.9. The first-order chi connectivity index (χ1) is 12.3. The molecular weight excluding hydrogens is 361 g/mol. The molecule has 1 fully saturated rings. The average molecular weight is 387 g/mol. The van der Waals surface area contributed by atoms with E-state index in [9.17, 15) is 17.6 Å². The molecule has 2 N–H and O–H groups in total. The summed E-state index contributed by atoms with van der Waals surface area (Å²) in [6.45, 7) is 4.99. The van der Waals surface area contributed by atoms with Crippen molar-refractivity contribution >= 4 is 21.6 Å². The molecule has 1 aliphatic rings. The van der Waals surface area contributed by atoms with E-state index in [1.165, 1.54) is 19.1 Å². The Bertz CT molecular complexity index is 719. The van der Waals surface area contributed by atoms with Crippen molar-refractivity contribution in [3.63, 3.8) is 0 Å². The summed E-state index contributed by atoms with van der Waals surface area (Å²) in [6.07, 6.45) is 1.81. The predicted molar refractivity (Wildman–Crippen MR) is 96.9 cm³/mol. The molecule has 1 heterocycles. The lowest BCUT2D eigenvalue weighted by molar-refractivity contribution is -0.114. The number of carbonyl (C=O) groups excluding carboxylic acids is 1. The number of sulfonamides is 1. The van der Waals surface area contributed by atoms with E-state index in [4.69, 9.17) is 4.74 Å². The van der Waals surface area contributed by atoms with E-state index < -0.39 is 21.7 Å². The van der Waals surface area contributed by atoms with Gasteiger partial charge in [-0.2, -0.15) is 0 Å². The fraction of sp³-hybridized carbons (Fsp3) is 0.588. The number of benzene rings is 1. The molecule has 1 aromatic rings. The molecule has 1 aliphatic heterocycles. The number of nitrogens with one attached hydrogen (secondary N) is 2. The largest absolute Gasteiger partial charge is 0.383 e. The minimum atomic E-state index is -3.79. The van der Waals surface area contributed by atoms with Crippen molar-refractivity contribution in [2.45, 2.75) is 24.7 Å². The molecule has 0 aliphatic carbocycles. The van der Waals surface area contributed by atoms with Gasteiger partial charge in [-0.25, -0.2) is 17.5 Å². The van der Waals surface area contributed by atoms with Crippen LogP contribution in [0.2, 0.25) is 0 Å². The van der Waals surface area contributed by atoms with Gasteiger partial charge < -0.3 is 15.0 Å². The number of likely N-dealkylation sites (tertiary alicyclic amines) is 1. The Morgan fingerprint density at radius 1 is 1.35 bits per heavy atom. The molecule has 0 radical (unpaired) electrons. The lowest BCUT2D eigenvalue weighted by atomic mass is 9.97. The fourth-order valence-corrected chi connectivity index (χ4v) is 4.03. The highest BCUT2D eigenvalue weighted by molar-refractivity contribution is 7.89. The number of ether oxygens (including phenoxy) is 1. The summed E-state index contributed by atoms with van der Waals surface area (Å²) in [5, 5.41) is 2.31. The number of amides is 1. The van der Waals surface area contributed by atoms with Gasteiger partial charge in [-0.05, 0) is 50.0 Å². The predicted octanol–water partition coefficient (Wildman–Crippen LogP) is 1.42. The van der Waals surface area contributed by atoms with E-state index >= 15 is 0 Å². The highest BCUT2D eigenvalue weighted by atomic mass is 32.2. The van der Waals surface area contributed by atoms with E-state index in [1.54, 1.807) is 7.11 Å². The zero-order valence-electron chi connectivity index (χ0n) is 15.1. The number of nitrogens with zero attached hydrogens (tertiary/aromatic N) is 1. The molecule has 1 aromatic carbocycles. The Labute approximate surface area is 154 Å². The van der Waals surface area contributed by atoms with Crippen molar-refractivity contribution in [1.82, 2.24) is 9.62 Å². The molecular formula is C17H26FN3O4S. The van der Waals surface area contributed by atoms with Gasteiger partial charge in [-0.15, -0.1) is 0 Å². The molecule has 0 spiro atoms. The van der Waals surface area contributed by atoms with Gasteiger partial charge in [-0.1, -0.05) is 0 Å². The molecule has 26 heavy (non-hydrogen) atoms. The van der Waals surface area contributed by atoms with Gasteiger partial charge in [0.15, 0.2) is 0 Å². The molecule has 2 rings (SSSR count). The standard InChI is InChI=1S/C17H26FN3O4S/c1-13(22)20-17-4-3-15(11-16(17)18)26(23,24)19-12-14-5-7-21(8-6-14)9-10-25-2/h3-4,11,14,19H,5-10,12H2,1-2H3,(H,20,22). The van der Waals surface area contributed by atoms with Crippen LogP contribution in [0.5, 0.6) is 0 Å². The number of methoxy groups -OCH3 is 1. The van der Waals surface area contributed by atoms with Crippen LogP contribution in [0.3, 0.4) is 0 Å². The fourth-order valence-electron chi connectivity index (χ4n) is 2.90. The van der Waals surface area contributed by atoms with Crippen LogP contribution in [0.1, 0.15) is 19.8 Å². The smallest absolute Gasteiger partial charge is 0.240 e. The van der Waals surface area contributed by atoms with Gasteiger partial charge in [0.05, 0.1) is 17.2 Å². The average Bonchev–Trinajstić information content (AvgIpc) is 2.60. The molecule has 0 saturated carbocycles. The highest BCUT2D eigenvalue weighted by Gasteiger charge is 2.22. The Balaban J connectivity index is 1.89. The van der Waals surface area contributed by atoms with Crippen LogP contribution in [0.4, 0.5) is 10.1 Å². The summed E-state index contributed by atoms with van der Waals surface area (Å²) in [6, 6.07) is 3.45. The highest BCUT2D eigenvalue weighted by Crippen LogP contribution is 2.20. The van der Waals surface area contributed by atoms with Gasteiger partial charge >= 0.3 is 0 Å². The summed E-state index contributed by atoms with van der Waals surface area (Å²) in [7, 11) is -2.12. The maximum Gasteiger partial charge on any atom is 0.240 e. The first kappa shape index (κ1) is 20.8. The number of hydrogen-bond donors (Lipinski definition) is 2. The van der Waals surface area contributed by atoms with Crippen molar-refractivity contribution in [1.29, 1.82) is 0 Å². The summed E-state index contributed by atoms with van der Waals surface area (Å²) in [5.41, 5.74) is -0.0418. The second-order valence-corrected chi connectivity index (χ2v) is 8.22. The quantitative estimate of drug-likeness (QED) is 0.704. The summed E-state index contributed by atoms with van der Waals surface area (Å²) < 4.78 is 46.3. The molecule has 0 aromatic heterocycles. The Morgan fingerprint density at radius 2 is 2.04 bits per heavy atom. The Kier molecular flexibility index (Phi) is 7.51. The molecule has 1 amide bonds. The van der Waals surface area contributed by atoms with E-state index in [-0.39, 0.29) is 16.5 Å². The van der Waals surface area contributed by atoms with E-state index in [1.807, 2.05) is 0 Å². The van der Waals surface area contributed by atoms with Gasteiger partial charge in [0.2, 0.25) is 15.9 Å². The molecule has 0 unspecified atom stereocenters. The Hall–Kier alpha value is -1.55. The van der Waals surface area contributed by atoms with Gasteiger partial charge in [0, 0.05) is 27.1 Å². The van der Waals surface area contributed by atoms with Crippen LogP contribution in [0.25, 0.3) is 0 Å². The maximum atomic E-state index is 14.0. The van der Waals surface area contributed by atoms with Gasteiger partial charge in [0.1, 0.15) is 5.82 Å².